The van der Waals surface area contributed by atoms with Crippen molar-refractivity contribution in [2.45, 2.75) is 309 Å². The molecule has 0 rings (SSSR count). The fraction of sp³-hybridized carbons (Fsp3) is 0.831. The summed E-state index contributed by atoms with van der Waals surface area (Å²) in [7, 11) is -9.76. The number of esters is 3. The molecule has 5 unspecified atom stereocenters. The highest BCUT2D eigenvalue weighted by atomic mass is 31.2. The van der Waals surface area contributed by atoms with Gasteiger partial charge in [-0.3, -0.25) is 32.5 Å². The monoisotopic (exact) mass is 1220 g/mol. The Kier molecular flexibility index (Phi) is 58.0. The van der Waals surface area contributed by atoms with Crippen LogP contribution in [0, 0.1) is 0 Å². The van der Waals surface area contributed by atoms with Crippen LogP contribution in [-0.2, 0) is 55.8 Å². The van der Waals surface area contributed by atoms with E-state index in [1.54, 1.807) is 0 Å². The van der Waals surface area contributed by atoms with Crippen LogP contribution in [0.2, 0.25) is 0 Å². The van der Waals surface area contributed by atoms with E-state index in [1.807, 2.05) is 0 Å². The Hall–Kier alpha value is -2.49. The number of carbonyl (C=O) groups excluding carboxylic acids is 3. The van der Waals surface area contributed by atoms with E-state index in [9.17, 15) is 43.5 Å². The smallest absolute Gasteiger partial charge is 0.463 e. The molecule has 0 aromatic rings. The number of allylic oxidation sites excluding steroid dienone is 8. The van der Waals surface area contributed by atoms with Crippen LogP contribution in [0.1, 0.15) is 290 Å². The Balaban J connectivity index is 4.62. The molecule has 83 heavy (non-hydrogen) atoms. The number of ether oxygens (including phenoxy) is 3. The summed E-state index contributed by atoms with van der Waals surface area (Å²) in [5, 5.41) is 20.5. The maximum atomic E-state index is 12.9. The number of hydrogen-bond donors (Lipinski definition) is 4. The van der Waals surface area contributed by atoms with Gasteiger partial charge in [0.15, 0.2) is 6.10 Å². The fourth-order valence-electron chi connectivity index (χ4n) is 8.92. The van der Waals surface area contributed by atoms with E-state index in [0.29, 0.717) is 19.3 Å². The predicted octanol–water partition coefficient (Wildman–Crippen LogP) is 17.6. The first-order valence-corrected chi connectivity index (χ1v) is 35.9. The molecule has 0 aliphatic rings. The largest absolute Gasteiger partial charge is 0.472 e. The summed E-state index contributed by atoms with van der Waals surface area (Å²) in [6, 6.07) is 0. The Bertz CT molecular complexity index is 1720. The van der Waals surface area contributed by atoms with Gasteiger partial charge in [0.25, 0.3) is 0 Å². The number of phosphoric acid groups is 2. The minimum absolute atomic E-state index is 0.109. The van der Waals surface area contributed by atoms with Crippen molar-refractivity contribution in [3.05, 3.63) is 48.6 Å². The number of unbranched alkanes of at least 4 members (excludes halogenated alkanes) is 32. The lowest BCUT2D eigenvalue weighted by molar-refractivity contribution is -0.161. The molecule has 0 aliphatic carbocycles. The topological polar surface area (TPSA) is 231 Å². The second-order valence-corrected chi connectivity index (χ2v) is 25.2. The molecule has 0 radical (unpaired) electrons. The number of aliphatic hydroxyl groups excluding tert-OH is 2. The van der Waals surface area contributed by atoms with Gasteiger partial charge in [-0.2, -0.15) is 0 Å². The first kappa shape index (κ1) is 80.5. The van der Waals surface area contributed by atoms with Crippen LogP contribution < -0.4 is 0 Å². The minimum Gasteiger partial charge on any atom is -0.463 e. The first-order valence-electron chi connectivity index (χ1n) is 32.9. The molecule has 0 saturated heterocycles. The van der Waals surface area contributed by atoms with Crippen LogP contribution in [0.15, 0.2) is 48.6 Å². The van der Waals surface area contributed by atoms with E-state index in [2.05, 4.69) is 69.4 Å². The molecular weight excluding hydrogens is 1100 g/mol. The summed E-state index contributed by atoms with van der Waals surface area (Å²) >= 11 is 0. The van der Waals surface area contributed by atoms with Crippen LogP contribution in [0.4, 0.5) is 0 Å². The van der Waals surface area contributed by atoms with Crippen molar-refractivity contribution in [3.63, 3.8) is 0 Å². The van der Waals surface area contributed by atoms with Gasteiger partial charge in [0, 0.05) is 19.3 Å². The SMILES string of the molecule is CCCCC/C=C\C/C=C\C/C=C\CCCCCCCCC(=O)OCC(O)COP(=O)(O)OCC(O)COP(=O)(O)OCC(COC(=O)CCCCCCC/C=C\CCCCCCCC)OC(=O)CCCCCCCCCCCCCCC. The van der Waals surface area contributed by atoms with E-state index in [4.69, 9.17) is 32.3 Å². The lowest BCUT2D eigenvalue weighted by Crippen LogP contribution is -2.30. The minimum atomic E-state index is -4.91. The van der Waals surface area contributed by atoms with E-state index < -0.39 is 91.5 Å². The molecule has 4 N–H and O–H groups in total. The standard InChI is InChI=1S/C65H120O16P2/c1-4-7-10-13-16-19-22-25-27-28-29-30-32-35-36-39-42-45-48-51-63(68)75-54-60(66)55-77-82(71,72)78-56-61(67)57-79-83(73,74)80-59-62(81-65(70)53-50-47-44-41-38-33-24-21-18-15-12-9-6-3)58-76-64(69)52-49-46-43-40-37-34-31-26-23-20-17-14-11-8-5-2/h16,19,25-27,29-31,60-62,66-67H,4-15,17-18,20-24,28,32-59H2,1-3H3,(H,71,72)(H,73,74)/b19-16-,27-25-,30-29-,31-26-. The third kappa shape index (κ3) is 61.0. The normalized spacial score (nSPS) is 14.6. The molecule has 0 aromatic carbocycles. The van der Waals surface area contributed by atoms with Gasteiger partial charge in [-0.15, -0.1) is 0 Å². The van der Waals surface area contributed by atoms with Gasteiger partial charge in [-0.05, 0) is 83.5 Å². The van der Waals surface area contributed by atoms with Gasteiger partial charge in [0.05, 0.1) is 26.4 Å². The number of rotatable bonds is 63. The zero-order chi connectivity index (χ0) is 61.0. The zero-order valence-corrected chi connectivity index (χ0v) is 54.2. The Morgan fingerprint density at radius 1 is 0.337 bits per heavy atom. The highest BCUT2D eigenvalue weighted by Crippen LogP contribution is 2.45. The van der Waals surface area contributed by atoms with E-state index in [1.165, 1.54) is 116 Å². The molecular formula is C65H120O16P2. The first-order chi connectivity index (χ1) is 40.2. The van der Waals surface area contributed by atoms with Crippen LogP contribution >= 0.6 is 15.6 Å². The van der Waals surface area contributed by atoms with E-state index in [0.717, 1.165) is 116 Å². The molecule has 0 aliphatic heterocycles. The van der Waals surface area contributed by atoms with Crippen molar-refractivity contribution in [1.82, 2.24) is 0 Å². The van der Waals surface area contributed by atoms with Gasteiger partial charge in [-0.1, -0.05) is 236 Å². The van der Waals surface area contributed by atoms with Crippen molar-refractivity contribution in [3.8, 4) is 0 Å². The average Bonchev–Trinajstić information content (AvgIpc) is 3.46. The van der Waals surface area contributed by atoms with Crippen LogP contribution in [0.3, 0.4) is 0 Å². The van der Waals surface area contributed by atoms with Gasteiger partial charge in [-0.25, -0.2) is 9.13 Å². The Morgan fingerprint density at radius 3 is 0.988 bits per heavy atom. The molecule has 0 aromatic heterocycles. The summed E-state index contributed by atoms with van der Waals surface area (Å²) in [6.45, 7) is 2.64. The third-order valence-electron chi connectivity index (χ3n) is 14.0. The lowest BCUT2D eigenvalue weighted by Gasteiger charge is -2.21. The molecule has 0 fully saturated rings. The number of carbonyl (C=O) groups is 3. The molecule has 0 spiro atoms. The highest BCUT2D eigenvalue weighted by molar-refractivity contribution is 7.47. The summed E-state index contributed by atoms with van der Waals surface area (Å²) in [6.07, 6.45) is 57.3. The zero-order valence-electron chi connectivity index (χ0n) is 52.4. The second kappa shape index (κ2) is 59.8. The van der Waals surface area contributed by atoms with Gasteiger partial charge >= 0.3 is 33.6 Å². The molecule has 0 saturated carbocycles. The summed E-state index contributed by atoms with van der Waals surface area (Å²) in [5.41, 5.74) is 0. The third-order valence-corrected chi connectivity index (χ3v) is 15.9. The maximum Gasteiger partial charge on any atom is 0.472 e. The van der Waals surface area contributed by atoms with Crippen LogP contribution in [0.25, 0.3) is 0 Å². The summed E-state index contributed by atoms with van der Waals surface area (Å²) in [5.74, 6) is -1.58. The van der Waals surface area contributed by atoms with E-state index in [-0.39, 0.29) is 19.3 Å². The predicted molar refractivity (Wildman–Crippen MR) is 335 cm³/mol. The molecule has 0 amide bonds. The number of aliphatic hydroxyl groups is 2. The molecule has 0 bridgehead atoms. The molecule has 16 nitrogen and oxygen atoms in total. The summed E-state index contributed by atoms with van der Waals surface area (Å²) in [4.78, 5) is 58.2. The van der Waals surface area contributed by atoms with Crippen molar-refractivity contribution in [1.29, 1.82) is 0 Å². The average molecular weight is 1220 g/mol. The molecule has 18 heteroatoms. The van der Waals surface area contributed by atoms with Gasteiger partial charge in [0.2, 0.25) is 0 Å². The highest BCUT2D eigenvalue weighted by Gasteiger charge is 2.29. The van der Waals surface area contributed by atoms with Crippen LogP contribution in [0.5, 0.6) is 0 Å². The Labute approximate surface area is 504 Å². The van der Waals surface area contributed by atoms with Crippen molar-refractivity contribution in [2.75, 3.05) is 39.6 Å². The molecule has 5 atom stereocenters. The van der Waals surface area contributed by atoms with Gasteiger partial charge in [0.1, 0.15) is 25.4 Å². The second-order valence-electron chi connectivity index (χ2n) is 22.3. The van der Waals surface area contributed by atoms with Crippen molar-refractivity contribution in [2.24, 2.45) is 0 Å². The summed E-state index contributed by atoms with van der Waals surface area (Å²) < 4.78 is 60.8. The quantitative estimate of drug-likeness (QED) is 0.0146. The molecule has 0 heterocycles. The van der Waals surface area contributed by atoms with Crippen LogP contribution in [-0.4, -0.2) is 95.9 Å². The fourth-order valence-corrected chi connectivity index (χ4v) is 10.5. The number of phosphoric ester groups is 2. The van der Waals surface area contributed by atoms with E-state index >= 15 is 0 Å². The van der Waals surface area contributed by atoms with Crippen molar-refractivity contribution < 1.29 is 75.8 Å². The maximum absolute atomic E-state index is 12.9. The number of hydrogen-bond acceptors (Lipinski definition) is 14. The lowest BCUT2D eigenvalue weighted by atomic mass is 10.0. The van der Waals surface area contributed by atoms with Gasteiger partial charge < -0.3 is 34.2 Å². The Morgan fingerprint density at radius 2 is 0.602 bits per heavy atom. The molecule has 486 valence electrons. The van der Waals surface area contributed by atoms with Crippen molar-refractivity contribution >= 4 is 33.6 Å².